The van der Waals surface area contributed by atoms with Gasteiger partial charge in [-0.3, -0.25) is 0 Å². The third-order valence-electron chi connectivity index (χ3n) is 1.69. The summed E-state index contributed by atoms with van der Waals surface area (Å²) in [5, 5.41) is 8.90. The first-order valence-electron chi connectivity index (χ1n) is 4.70. The maximum atomic E-state index is 10.9. The van der Waals surface area contributed by atoms with E-state index >= 15 is 0 Å². The Kier molecular flexibility index (Phi) is 7.30. The van der Waals surface area contributed by atoms with Crippen LogP contribution in [0.15, 0.2) is 12.2 Å². The third-order valence-corrected chi connectivity index (χ3v) is 1.69. The van der Waals surface area contributed by atoms with Crippen molar-refractivity contribution in [3.05, 3.63) is 12.2 Å². The van der Waals surface area contributed by atoms with Gasteiger partial charge in [-0.25, -0.2) is 4.79 Å². The SMILES string of the molecule is CCC[C@H](/C=C/C(=O)OCC)CO. The van der Waals surface area contributed by atoms with Crippen molar-refractivity contribution >= 4 is 5.97 Å². The van der Waals surface area contributed by atoms with E-state index in [2.05, 4.69) is 0 Å². The lowest BCUT2D eigenvalue weighted by Gasteiger charge is -2.05. The van der Waals surface area contributed by atoms with E-state index in [1.54, 1.807) is 13.0 Å². The van der Waals surface area contributed by atoms with E-state index in [0.29, 0.717) is 6.61 Å². The summed E-state index contributed by atoms with van der Waals surface area (Å²) in [5.74, 6) is -0.258. The molecule has 3 heteroatoms. The molecule has 0 aliphatic rings. The predicted octanol–water partition coefficient (Wildman–Crippen LogP) is 1.51. The Balaban J connectivity index is 3.83. The second-order valence-corrected chi connectivity index (χ2v) is 2.84. The van der Waals surface area contributed by atoms with Crippen molar-refractivity contribution < 1.29 is 14.6 Å². The van der Waals surface area contributed by atoms with Crippen LogP contribution in [0.25, 0.3) is 0 Å². The number of carbonyl (C=O) groups is 1. The molecule has 0 heterocycles. The highest BCUT2D eigenvalue weighted by Gasteiger charge is 2.02. The lowest BCUT2D eigenvalue weighted by atomic mass is 10.0. The summed E-state index contributed by atoms with van der Waals surface area (Å²) in [6.45, 7) is 4.28. The van der Waals surface area contributed by atoms with Crippen LogP contribution < -0.4 is 0 Å². The molecule has 0 aliphatic carbocycles. The lowest BCUT2D eigenvalue weighted by Crippen LogP contribution is -2.04. The van der Waals surface area contributed by atoms with Crippen LogP contribution in [0.3, 0.4) is 0 Å². The molecule has 0 radical (unpaired) electrons. The van der Waals surface area contributed by atoms with Gasteiger partial charge in [-0.1, -0.05) is 19.4 Å². The van der Waals surface area contributed by atoms with Gasteiger partial charge in [0.25, 0.3) is 0 Å². The Bertz CT molecular complexity index is 164. The Hall–Kier alpha value is -0.830. The molecular formula is C10H18O3. The van der Waals surface area contributed by atoms with Crippen LogP contribution in [0.2, 0.25) is 0 Å². The van der Waals surface area contributed by atoms with Crippen molar-refractivity contribution in [3.63, 3.8) is 0 Å². The summed E-state index contributed by atoms with van der Waals surface area (Å²) in [7, 11) is 0. The van der Waals surface area contributed by atoms with Gasteiger partial charge in [0.1, 0.15) is 0 Å². The average Bonchev–Trinajstić information content (AvgIpc) is 2.12. The quantitative estimate of drug-likeness (QED) is 0.505. The minimum Gasteiger partial charge on any atom is -0.463 e. The van der Waals surface area contributed by atoms with Gasteiger partial charge in [-0.05, 0) is 13.3 Å². The van der Waals surface area contributed by atoms with E-state index in [1.807, 2.05) is 6.92 Å². The van der Waals surface area contributed by atoms with Crippen molar-refractivity contribution in [1.82, 2.24) is 0 Å². The molecule has 0 saturated heterocycles. The predicted molar refractivity (Wildman–Crippen MR) is 51.3 cm³/mol. The topological polar surface area (TPSA) is 46.5 Å². The van der Waals surface area contributed by atoms with Crippen molar-refractivity contribution in [3.8, 4) is 0 Å². The molecular weight excluding hydrogens is 168 g/mol. The van der Waals surface area contributed by atoms with Gasteiger partial charge in [-0.2, -0.15) is 0 Å². The van der Waals surface area contributed by atoms with E-state index in [1.165, 1.54) is 6.08 Å². The molecule has 0 rings (SSSR count). The number of rotatable bonds is 6. The number of carbonyl (C=O) groups excluding carboxylic acids is 1. The molecule has 1 atom stereocenters. The second kappa shape index (κ2) is 7.80. The summed E-state index contributed by atoms with van der Waals surface area (Å²) in [4.78, 5) is 10.9. The molecule has 0 unspecified atom stereocenters. The van der Waals surface area contributed by atoms with E-state index in [9.17, 15) is 4.79 Å². The summed E-state index contributed by atoms with van der Waals surface area (Å²) >= 11 is 0. The Labute approximate surface area is 79.4 Å². The molecule has 1 N–H and O–H groups in total. The summed E-state index contributed by atoms with van der Waals surface area (Å²) in [5.41, 5.74) is 0. The molecule has 0 aromatic rings. The van der Waals surface area contributed by atoms with Crippen LogP contribution in [-0.2, 0) is 9.53 Å². The molecule has 0 spiro atoms. The van der Waals surface area contributed by atoms with Gasteiger partial charge >= 0.3 is 5.97 Å². The zero-order chi connectivity index (χ0) is 10.1. The molecule has 0 aliphatic heterocycles. The van der Waals surface area contributed by atoms with Crippen LogP contribution in [-0.4, -0.2) is 24.3 Å². The maximum absolute atomic E-state index is 10.9. The number of hydrogen-bond donors (Lipinski definition) is 1. The normalized spacial score (nSPS) is 13.2. The first-order chi connectivity index (χ1) is 6.24. The first-order valence-corrected chi connectivity index (χ1v) is 4.70. The molecule has 0 aromatic carbocycles. The minimum atomic E-state index is -0.336. The molecule has 0 saturated carbocycles. The smallest absolute Gasteiger partial charge is 0.330 e. The van der Waals surface area contributed by atoms with Gasteiger partial charge in [0.15, 0.2) is 0 Å². The molecule has 13 heavy (non-hydrogen) atoms. The summed E-state index contributed by atoms with van der Waals surface area (Å²) in [6, 6.07) is 0. The number of esters is 1. The highest BCUT2D eigenvalue weighted by molar-refractivity contribution is 5.81. The molecule has 0 fully saturated rings. The molecule has 3 nitrogen and oxygen atoms in total. The van der Waals surface area contributed by atoms with Gasteiger partial charge in [0.2, 0.25) is 0 Å². The van der Waals surface area contributed by atoms with Gasteiger partial charge < -0.3 is 9.84 Å². The Morgan fingerprint density at radius 3 is 2.69 bits per heavy atom. The van der Waals surface area contributed by atoms with Crippen LogP contribution in [0, 0.1) is 5.92 Å². The third kappa shape index (κ3) is 6.34. The van der Waals surface area contributed by atoms with Crippen molar-refractivity contribution in [1.29, 1.82) is 0 Å². The summed E-state index contributed by atoms with van der Waals surface area (Å²) < 4.78 is 4.71. The second-order valence-electron chi connectivity index (χ2n) is 2.84. The van der Waals surface area contributed by atoms with Crippen molar-refractivity contribution in [2.75, 3.05) is 13.2 Å². The zero-order valence-corrected chi connectivity index (χ0v) is 8.32. The molecule has 0 aromatic heterocycles. The number of aliphatic hydroxyl groups excluding tert-OH is 1. The number of ether oxygens (including phenoxy) is 1. The highest BCUT2D eigenvalue weighted by atomic mass is 16.5. The van der Waals surface area contributed by atoms with Crippen LogP contribution in [0.1, 0.15) is 26.7 Å². The largest absolute Gasteiger partial charge is 0.463 e. The fourth-order valence-electron chi connectivity index (χ4n) is 1.02. The fraction of sp³-hybridized carbons (Fsp3) is 0.700. The molecule has 76 valence electrons. The minimum absolute atomic E-state index is 0.0782. The van der Waals surface area contributed by atoms with Gasteiger partial charge in [-0.15, -0.1) is 0 Å². The van der Waals surface area contributed by atoms with Crippen molar-refractivity contribution in [2.24, 2.45) is 5.92 Å². The molecule has 0 amide bonds. The Morgan fingerprint density at radius 2 is 2.23 bits per heavy atom. The van der Waals surface area contributed by atoms with Crippen LogP contribution in [0.4, 0.5) is 0 Å². The lowest BCUT2D eigenvalue weighted by molar-refractivity contribution is -0.137. The van der Waals surface area contributed by atoms with E-state index in [-0.39, 0.29) is 18.5 Å². The maximum Gasteiger partial charge on any atom is 0.330 e. The highest BCUT2D eigenvalue weighted by Crippen LogP contribution is 2.06. The molecule has 0 bridgehead atoms. The fourth-order valence-corrected chi connectivity index (χ4v) is 1.02. The van der Waals surface area contributed by atoms with Gasteiger partial charge in [0, 0.05) is 18.6 Å². The van der Waals surface area contributed by atoms with E-state index in [0.717, 1.165) is 12.8 Å². The zero-order valence-electron chi connectivity index (χ0n) is 8.32. The summed E-state index contributed by atoms with van der Waals surface area (Å²) in [6.07, 6.45) is 4.99. The number of hydrogen-bond acceptors (Lipinski definition) is 3. The average molecular weight is 186 g/mol. The van der Waals surface area contributed by atoms with Crippen molar-refractivity contribution in [2.45, 2.75) is 26.7 Å². The van der Waals surface area contributed by atoms with Crippen LogP contribution >= 0.6 is 0 Å². The van der Waals surface area contributed by atoms with E-state index < -0.39 is 0 Å². The van der Waals surface area contributed by atoms with Gasteiger partial charge in [0.05, 0.1) is 6.61 Å². The van der Waals surface area contributed by atoms with E-state index in [4.69, 9.17) is 9.84 Å². The monoisotopic (exact) mass is 186 g/mol. The standard InChI is InChI=1S/C10H18O3/c1-3-5-9(8-11)6-7-10(12)13-4-2/h6-7,9,11H,3-5,8H2,1-2H3/b7-6+/t9-/m1/s1. The Morgan fingerprint density at radius 1 is 1.54 bits per heavy atom. The van der Waals surface area contributed by atoms with Crippen LogP contribution in [0.5, 0.6) is 0 Å². The first kappa shape index (κ1) is 12.2. The number of aliphatic hydroxyl groups is 1.